The highest BCUT2D eigenvalue weighted by molar-refractivity contribution is 7.80. The van der Waals surface area contributed by atoms with Crippen LogP contribution in [0.3, 0.4) is 0 Å². The molecule has 0 aliphatic carbocycles. The maximum Gasteiger partial charge on any atom is 0.266 e. The third-order valence-electron chi connectivity index (χ3n) is 2.30. The molecule has 0 aromatic heterocycles. The van der Waals surface area contributed by atoms with Gasteiger partial charge in [-0.05, 0) is 37.2 Å². The van der Waals surface area contributed by atoms with Crippen molar-refractivity contribution in [2.75, 3.05) is 13.2 Å². The second-order valence-corrected chi connectivity index (χ2v) is 4.72. The standard InChI is InChI=1S/C14H19NO2S/c1-4-17-14(18)15(10-11(2)3)13(16)12-8-6-5-7-9-12/h5-9,11H,4,10H2,1-3H3. The molecule has 0 saturated carbocycles. The smallest absolute Gasteiger partial charge is 0.266 e. The number of nitrogens with zero attached hydrogens (tertiary/aromatic N) is 1. The van der Waals surface area contributed by atoms with E-state index >= 15 is 0 Å². The van der Waals surface area contributed by atoms with E-state index in [1.165, 1.54) is 4.90 Å². The second-order valence-electron chi connectivity index (χ2n) is 4.37. The number of rotatable bonds is 4. The molecule has 0 spiro atoms. The van der Waals surface area contributed by atoms with Crippen molar-refractivity contribution in [3.8, 4) is 0 Å². The lowest BCUT2D eigenvalue weighted by Gasteiger charge is -2.24. The molecule has 0 unspecified atom stereocenters. The average Bonchev–Trinajstić information content (AvgIpc) is 2.36. The molecule has 0 atom stereocenters. The van der Waals surface area contributed by atoms with Gasteiger partial charge in [0.2, 0.25) is 0 Å². The van der Waals surface area contributed by atoms with Crippen molar-refractivity contribution in [1.29, 1.82) is 0 Å². The fourth-order valence-electron chi connectivity index (χ4n) is 1.54. The van der Waals surface area contributed by atoms with Crippen molar-refractivity contribution >= 4 is 23.3 Å². The highest BCUT2D eigenvalue weighted by atomic mass is 32.1. The van der Waals surface area contributed by atoms with E-state index in [0.717, 1.165) is 0 Å². The lowest BCUT2D eigenvalue weighted by Crippen LogP contribution is -2.39. The third-order valence-corrected chi connectivity index (χ3v) is 2.64. The van der Waals surface area contributed by atoms with Gasteiger partial charge in [-0.3, -0.25) is 9.69 Å². The fraction of sp³-hybridized carbons (Fsp3) is 0.429. The molecular weight excluding hydrogens is 246 g/mol. The van der Waals surface area contributed by atoms with E-state index in [4.69, 9.17) is 17.0 Å². The van der Waals surface area contributed by atoms with E-state index in [9.17, 15) is 4.79 Å². The molecule has 0 saturated heterocycles. The van der Waals surface area contributed by atoms with E-state index in [1.54, 1.807) is 12.1 Å². The molecule has 0 aliphatic rings. The van der Waals surface area contributed by atoms with Crippen LogP contribution in [0.4, 0.5) is 0 Å². The molecule has 1 aromatic carbocycles. The molecular formula is C14H19NO2S. The molecule has 0 bridgehead atoms. The molecule has 0 fully saturated rings. The van der Waals surface area contributed by atoms with Crippen molar-refractivity contribution < 1.29 is 9.53 Å². The van der Waals surface area contributed by atoms with Crippen LogP contribution in [0.2, 0.25) is 0 Å². The highest BCUT2D eigenvalue weighted by Gasteiger charge is 2.21. The van der Waals surface area contributed by atoms with Crippen LogP contribution in [0.25, 0.3) is 0 Å². The van der Waals surface area contributed by atoms with Crippen molar-refractivity contribution in [1.82, 2.24) is 4.90 Å². The van der Waals surface area contributed by atoms with Crippen LogP contribution < -0.4 is 0 Å². The lowest BCUT2D eigenvalue weighted by atomic mass is 10.1. The summed E-state index contributed by atoms with van der Waals surface area (Å²) in [5.74, 6) is 0.221. The summed E-state index contributed by atoms with van der Waals surface area (Å²) in [4.78, 5) is 13.9. The summed E-state index contributed by atoms with van der Waals surface area (Å²) in [6.45, 7) is 6.97. The molecule has 1 amide bonds. The first-order valence-electron chi connectivity index (χ1n) is 6.10. The normalized spacial score (nSPS) is 10.2. The van der Waals surface area contributed by atoms with E-state index in [2.05, 4.69) is 0 Å². The summed E-state index contributed by atoms with van der Waals surface area (Å²) in [6.07, 6.45) is 0. The number of ether oxygens (including phenoxy) is 1. The Morgan fingerprint density at radius 3 is 2.44 bits per heavy atom. The molecule has 4 heteroatoms. The van der Waals surface area contributed by atoms with Gasteiger partial charge in [0.1, 0.15) is 0 Å². The largest absolute Gasteiger partial charge is 0.471 e. The molecule has 0 radical (unpaired) electrons. The van der Waals surface area contributed by atoms with Crippen molar-refractivity contribution in [2.24, 2.45) is 5.92 Å². The SMILES string of the molecule is CCOC(=S)N(CC(C)C)C(=O)c1ccccc1. The summed E-state index contributed by atoms with van der Waals surface area (Å²) >= 11 is 5.15. The van der Waals surface area contributed by atoms with Crippen LogP contribution in [-0.4, -0.2) is 29.1 Å². The number of carbonyl (C=O) groups is 1. The van der Waals surface area contributed by atoms with Crippen LogP contribution in [0.15, 0.2) is 30.3 Å². The van der Waals surface area contributed by atoms with E-state index in [-0.39, 0.29) is 11.1 Å². The number of hydrogen-bond donors (Lipinski definition) is 0. The minimum Gasteiger partial charge on any atom is -0.471 e. The van der Waals surface area contributed by atoms with Crippen molar-refractivity contribution in [3.05, 3.63) is 35.9 Å². The highest BCUT2D eigenvalue weighted by Crippen LogP contribution is 2.09. The second kappa shape index (κ2) is 7.11. The zero-order valence-electron chi connectivity index (χ0n) is 11.1. The zero-order valence-corrected chi connectivity index (χ0v) is 11.9. The van der Waals surface area contributed by atoms with Gasteiger partial charge in [0.05, 0.1) is 6.61 Å². The molecule has 0 heterocycles. The number of hydrogen-bond acceptors (Lipinski definition) is 3. The van der Waals surface area contributed by atoms with Gasteiger partial charge in [0.15, 0.2) is 0 Å². The van der Waals surface area contributed by atoms with Crippen LogP contribution in [0.1, 0.15) is 31.1 Å². The summed E-state index contributed by atoms with van der Waals surface area (Å²) in [7, 11) is 0. The monoisotopic (exact) mass is 265 g/mol. The van der Waals surface area contributed by atoms with Gasteiger partial charge in [0.25, 0.3) is 11.1 Å². The predicted octanol–water partition coefficient (Wildman–Crippen LogP) is 3.11. The quantitative estimate of drug-likeness (QED) is 0.783. The maximum absolute atomic E-state index is 12.4. The Morgan fingerprint density at radius 1 is 1.33 bits per heavy atom. The minimum atomic E-state index is -0.109. The Labute approximate surface area is 114 Å². The Kier molecular flexibility index (Phi) is 5.78. The van der Waals surface area contributed by atoms with Crippen LogP contribution >= 0.6 is 12.2 Å². The van der Waals surface area contributed by atoms with Crippen LogP contribution in [0, 0.1) is 5.92 Å². The topological polar surface area (TPSA) is 29.5 Å². The first-order valence-corrected chi connectivity index (χ1v) is 6.50. The van der Waals surface area contributed by atoms with Gasteiger partial charge < -0.3 is 4.74 Å². The van der Waals surface area contributed by atoms with Gasteiger partial charge >= 0.3 is 0 Å². The van der Waals surface area contributed by atoms with Gasteiger partial charge in [-0.25, -0.2) is 0 Å². The Hall–Kier alpha value is -1.42. The summed E-state index contributed by atoms with van der Waals surface area (Å²) in [6, 6.07) is 9.12. The van der Waals surface area contributed by atoms with Gasteiger partial charge in [-0.15, -0.1) is 0 Å². The number of amides is 1. The van der Waals surface area contributed by atoms with Gasteiger partial charge in [0, 0.05) is 12.1 Å². The molecule has 98 valence electrons. The summed E-state index contributed by atoms with van der Waals surface area (Å²) in [5.41, 5.74) is 0.625. The number of thiocarbonyl (C=S) groups is 1. The van der Waals surface area contributed by atoms with Crippen molar-refractivity contribution in [2.45, 2.75) is 20.8 Å². The average molecular weight is 265 g/mol. The Bertz CT molecular complexity index is 404. The fourth-order valence-corrected chi connectivity index (χ4v) is 1.82. The van der Waals surface area contributed by atoms with Gasteiger partial charge in [-0.1, -0.05) is 32.0 Å². The first-order chi connectivity index (χ1) is 8.56. The van der Waals surface area contributed by atoms with Crippen LogP contribution in [0.5, 0.6) is 0 Å². The number of carbonyl (C=O) groups excluding carboxylic acids is 1. The molecule has 18 heavy (non-hydrogen) atoms. The summed E-state index contributed by atoms with van der Waals surface area (Å²) < 4.78 is 5.28. The number of benzene rings is 1. The van der Waals surface area contributed by atoms with Gasteiger partial charge in [-0.2, -0.15) is 0 Å². The van der Waals surface area contributed by atoms with Crippen LogP contribution in [-0.2, 0) is 4.74 Å². The zero-order chi connectivity index (χ0) is 13.5. The molecule has 3 nitrogen and oxygen atoms in total. The molecule has 1 aromatic rings. The Morgan fingerprint density at radius 2 is 1.94 bits per heavy atom. The van der Waals surface area contributed by atoms with E-state index < -0.39 is 0 Å². The maximum atomic E-state index is 12.4. The summed E-state index contributed by atoms with van der Waals surface area (Å²) in [5, 5.41) is 0.250. The lowest BCUT2D eigenvalue weighted by molar-refractivity contribution is 0.0802. The Balaban J connectivity index is 2.89. The van der Waals surface area contributed by atoms with Crippen molar-refractivity contribution in [3.63, 3.8) is 0 Å². The minimum absolute atomic E-state index is 0.109. The molecule has 1 rings (SSSR count). The molecule has 0 N–H and O–H groups in total. The van der Waals surface area contributed by atoms with E-state index in [0.29, 0.717) is 24.6 Å². The molecule has 0 aliphatic heterocycles. The third kappa shape index (κ3) is 4.11. The van der Waals surface area contributed by atoms with E-state index in [1.807, 2.05) is 39.0 Å². The predicted molar refractivity (Wildman–Crippen MR) is 76.5 cm³/mol. The first kappa shape index (κ1) is 14.6.